The first-order chi connectivity index (χ1) is 65.9. The minimum Gasteiger partial charge on any atom is -0.465 e. The number of anilines is 12. The zero-order valence-corrected chi connectivity index (χ0v) is 92.1. The monoisotopic (exact) mass is 2120 g/mol. The molecule has 0 aliphatic heterocycles. The lowest BCUT2D eigenvalue weighted by atomic mass is 9.94. The van der Waals surface area contributed by atoms with Crippen LogP contribution < -0.4 is 63.8 Å². The van der Waals surface area contributed by atoms with Crippen LogP contribution in [0.25, 0.3) is 0 Å². The SMILES string of the molecule is CCOC(=O)c1sc(C(C)(C)C)cc1NC(=O)Nc1ccc(C)cc1.CCc1nnc(NC(=O)Nc2cc(C(C)(C)C)sc2C(=O)OC)s1.COC(=O)c1sc(C(C)(C)C)cc1NC(=O)Nc1ccc(C)s1.COC(=O)c1sc(C(C)(C)C)cc1NC(=O)Nc1ncc(C)s1.COC(=O)c1sc(C(C)(C)C)cc1NC(=O)Nc1nnc(C)s1.COC(=O)c1sc(C(C)C)cc1NC(=O)Nc1ccc(C)cc1. The van der Waals surface area contributed by atoms with E-state index >= 15 is 0 Å². The molecular formula is C96H121N17O18S10. The van der Waals surface area contributed by atoms with Gasteiger partial charge in [-0.15, -0.1) is 111 Å². The highest BCUT2D eigenvalue weighted by Crippen LogP contribution is 2.43. The number of carbonyl (C=O) groups is 12. The van der Waals surface area contributed by atoms with E-state index in [-0.39, 0.29) is 45.6 Å². The van der Waals surface area contributed by atoms with Gasteiger partial charge in [-0.1, -0.05) is 183 Å². The van der Waals surface area contributed by atoms with Crippen molar-refractivity contribution in [1.29, 1.82) is 0 Å². The van der Waals surface area contributed by atoms with E-state index in [2.05, 4.69) is 131 Å². The maximum atomic E-state index is 12.3. The molecule has 758 valence electrons. The molecule has 12 N–H and O–H groups in total. The summed E-state index contributed by atoms with van der Waals surface area (Å²) in [7, 11) is 6.61. The number of benzene rings is 2. The average molecular weight is 2120 g/mol. The second-order valence-electron chi connectivity index (χ2n) is 36.1. The van der Waals surface area contributed by atoms with Crippen molar-refractivity contribution >= 4 is 251 Å². The van der Waals surface area contributed by atoms with Crippen molar-refractivity contribution in [2.45, 2.75) is 206 Å². The first-order valence-electron chi connectivity index (χ1n) is 43.6. The van der Waals surface area contributed by atoms with Crippen molar-refractivity contribution in [3.8, 4) is 0 Å². The molecule has 10 heterocycles. The molecule has 12 aromatic rings. The normalized spacial score (nSPS) is 11.0. The number of nitrogens with zero attached hydrogens (tertiary/aromatic N) is 5. The predicted molar refractivity (Wildman–Crippen MR) is 574 cm³/mol. The zero-order chi connectivity index (χ0) is 105. The molecule has 12 rings (SSSR count). The Morgan fingerprint density at radius 3 is 0.894 bits per heavy atom. The van der Waals surface area contributed by atoms with Gasteiger partial charge >= 0.3 is 72.0 Å². The summed E-state index contributed by atoms with van der Waals surface area (Å²) in [6.45, 7) is 48.4. The van der Waals surface area contributed by atoms with Crippen LogP contribution in [0.5, 0.6) is 0 Å². The molecule has 0 atom stereocenters. The maximum absolute atomic E-state index is 12.3. The standard InChI is InChI=1S/C19H24N2O3S.C17H20N2O3S.C16H20N2O3S2.C15H20N4O3S2.C15H19N3O3S2.C14H18N4O3S2/c1-6-24-17(22)16-14(11-15(25-16)19(3,4)5)21-18(23)20-13-9-7-12(2)8-10-13;1-10(2)14-9-13(15(23-14)16(20)22-4)19-17(21)18-12-7-5-11(3)6-8-12;1-9-6-7-12(22-9)18-15(20)17-10-8-11(16(2,3)4)23-13(10)14(19)21-5;1-6-10-18-19-14(24-10)17-13(21)16-8-7-9(15(2,3)4)23-11(8)12(20)22-5;1-8-7-16-14(22-8)18-13(20)17-9-6-10(15(2,3)4)23-11(9)12(19)21-5;1-7-17-18-13(22-7)16-12(20)15-8-6-9(14(2,3)4)23-10(8)11(19)21-5/h7-11H,6H2,1-5H3,(H2,20,21,23);5-10H,1-4H3,(H2,18,19,21);6-8H,1-5H3,(H2,17,18,20);7H,6H2,1-5H3,(H2,16,17,19,21);6-7H,1-5H3,(H2,16,17,18,20);6H,1-5H3,(H2,15,16,18,20). The maximum Gasteiger partial charge on any atom is 0.350 e. The van der Waals surface area contributed by atoms with Crippen LogP contribution in [-0.2, 0) is 61.9 Å². The summed E-state index contributed by atoms with van der Waals surface area (Å²) in [5.74, 6) is -2.48. The van der Waals surface area contributed by atoms with Crippen LogP contribution in [0.3, 0.4) is 0 Å². The van der Waals surface area contributed by atoms with E-state index in [0.717, 1.165) is 71.6 Å². The number of esters is 6. The summed E-state index contributed by atoms with van der Waals surface area (Å²) in [6, 6.07) is 27.1. The van der Waals surface area contributed by atoms with Gasteiger partial charge in [0, 0.05) is 56.6 Å². The third-order valence-corrected chi connectivity index (χ3v) is 31.3. The molecule has 12 amide bonds. The van der Waals surface area contributed by atoms with Gasteiger partial charge in [0.2, 0.25) is 10.3 Å². The van der Waals surface area contributed by atoms with Crippen LogP contribution in [0.4, 0.5) is 94.7 Å². The predicted octanol–water partition coefficient (Wildman–Crippen LogP) is 26.4. The van der Waals surface area contributed by atoms with E-state index in [1.165, 1.54) is 149 Å². The lowest BCUT2D eigenvalue weighted by molar-refractivity contribution is 0.0529. The van der Waals surface area contributed by atoms with Gasteiger partial charge in [-0.25, -0.2) is 62.5 Å². The molecule has 0 saturated carbocycles. The summed E-state index contributed by atoms with van der Waals surface area (Å²) in [4.78, 5) is 159. The fourth-order valence-corrected chi connectivity index (χ4v) is 20.3. The number of nitrogens with one attached hydrogen (secondary N) is 12. The number of thiophene rings is 7. The van der Waals surface area contributed by atoms with Crippen molar-refractivity contribution in [3.05, 3.63) is 193 Å². The van der Waals surface area contributed by atoms with Gasteiger partial charge in [-0.05, 0) is 154 Å². The quantitative estimate of drug-likeness (QED) is 0.0235. The number of hydrogen-bond donors (Lipinski definition) is 12. The third-order valence-electron chi connectivity index (χ3n) is 18.7. The van der Waals surface area contributed by atoms with Crippen molar-refractivity contribution in [3.63, 3.8) is 0 Å². The smallest absolute Gasteiger partial charge is 0.350 e. The second kappa shape index (κ2) is 51.8. The van der Waals surface area contributed by atoms with E-state index in [1.807, 2.05) is 196 Å². The largest absolute Gasteiger partial charge is 0.465 e. The molecule has 141 heavy (non-hydrogen) atoms. The number of carbonyl (C=O) groups excluding carboxylic acids is 12. The number of hydrogen-bond acceptors (Lipinski definition) is 33. The highest BCUT2D eigenvalue weighted by atomic mass is 32.1. The number of aryl methyl sites for hydroxylation is 6. The van der Waals surface area contributed by atoms with Crippen molar-refractivity contribution in [2.75, 3.05) is 106 Å². The summed E-state index contributed by atoms with van der Waals surface area (Å²) in [5, 5.41) is 51.6. The van der Waals surface area contributed by atoms with Gasteiger partial charge in [0.1, 0.15) is 39.3 Å². The van der Waals surface area contributed by atoms with Gasteiger partial charge in [0.15, 0.2) is 5.13 Å². The molecule has 35 nitrogen and oxygen atoms in total. The molecule has 0 unspecified atom stereocenters. The Morgan fingerprint density at radius 2 is 0.617 bits per heavy atom. The number of ether oxygens (including phenoxy) is 6. The van der Waals surface area contributed by atoms with E-state index in [0.29, 0.717) is 90.2 Å². The van der Waals surface area contributed by atoms with Gasteiger partial charge in [-0.3, -0.25) is 21.3 Å². The summed E-state index contributed by atoms with van der Waals surface area (Å²) >= 11 is 13.4. The Hall–Kier alpha value is -12.5. The third kappa shape index (κ3) is 35.9. The van der Waals surface area contributed by atoms with Crippen molar-refractivity contribution in [1.82, 2.24) is 25.4 Å². The van der Waals surface area contributed by atoms with Gasteiger partial charge in [0.25, 0.3) is 0 Å². The van der Waals surface area contributed by atoms with E-state index in [4.69, 9.17) is 28.4 Å². The van der Waals surface area contributed by atoms with Crippen molar-refractivity contribution in [2.24, 2.45) is 0 Å². The lowest BCUT2D eigenvalue weighted by Crippen LogP contribution is -2.20. The van der Waals surface area contributed by atoms with Gasteiger partial charge < -0.3 is 71.0 Å². The number of thiazole rings is 1. The second-order valence-corrected chi connectivity index (χ2v) is 47.2. The Balaban J connectivity index is 0.000000230. The van der Waals surface area contributed by atoms with Crippen LogP contribution in [0.15, 0.2) is 103 Å². The number of urea groups is 6. The molecule has 0 fully saturated rings. The minimum absolute atomic E-state index is 0.116. The topological polar surface area (TPSA) is 469 Å². The van der Waals surface area contributed by atoms with Crippen LogP contribution in [0.1, 0.15) is 256 Å². The molecule has 0 bridgehead atoms. The Morgan fingerprint density at radius 1 is 0.312 bits per heavy atom. The number of aromatic nitrogens is 5. The van der Waals surface area contributed by atoms with Crippen molar-refractivity contribution < 1.29 is 86.0 Å². The summed E-state index contributed by atoms with van der Waals surface area (Å²) in [6.07, 6.45) is 2.44. The van der Waals surface area contributed by atoms with E-state index in [9.17, 15) is 57.5 Å². The first kappa shape index (κ1) is 116. The molecule has 0 aliphatic rings. The van der Waals surface area contributed by atoms with Crippen LogP contribution >= 0.6 is 113 Å². The highest BCUT2D eigenvalue weighted by Gasteiger charge is 2.32. The molecule has 45 heteroatoms. The van der Waals surface area contributed by atoms with Gasteiger partial charge in [0.05, 0.1) is 81.3 Å². The average Bonchev–Trinajstić information content (AvgIpc) is 1.67. The Kier molecular flexibility index (Phi) is 42.4. The fourth-order valence-electron chi connectivity index (χ4n) is 11.2. The summed E-state index contributed by atoms with van der Waals surface area (Å²) in [5.41, 5.74) is 5.65. The molecule has 2 aromatic carbocycles. The van der Waals surface area contributed by atoms with Crippen LogP contribution in [-0.4, -0.2) is 140 Å². The minimum atomic E-state index is -0.482. The van der Waals surface area contributed by atoms with E-state index < -0.39 is 66.0 Å². The molecular weight excluding hydrogens is 2000 g/mol. The fraction of sp³-hybridized carbons (Fsp3) is 0.385. The molecule has 0 aliphatic carbocycles. The number of amides is 12. The molecule has 10 aromatic heterocycles. The first-order valence-corrected chi connectivity index (χ1v) is 51.8. The number of rotatable bonds is 21. The van der Waals surface area contributed by atoms with Gasteiger partial charge in [-0.2, -0.15) is 0 Å². The molecule has 0 radical (unpaired) electrons. The van der Waals surface area contributed by atoms with E-state index in [1.54, 1.807) is 32.2 Å². The Labute approximate surface area is 860 Å². The van der Waals surface area contributed by atoms with Crippen LogP contribution in [0, 0.1) is 34.6 Å². The molecule has 0 saturated heterocycles. The summed E-state index contributed by atoms with van der Waals surface area (Å²) < 4.78 is 29.1. The number of methoxy groups -OCH3 is 5. The van der Waals surface area contributed by atoms with Crippen LogP contribution in [0.2, 0.25) is 0 Å². The molecule has 0 spiro atoms. The zero-order valence-electron chi connectivity index (χ0n) is 84.0. The lowest BCUT2D eigenvalue weighted by Gasteiger charge is -2.15. The Bertz CT molecular complexity index is 6050. The highest BCUT2D eigenvalue weighted by molar-refractivity contribution is 7.18.